The van der Waals surface area contributed by atoms with Crippen LogP contribution in [0, 0.1) is 0 Å². The zero-order chi connectivity index (χ0) is 20.2. The molecule has 3 heterocycles. The molecule has 0 unspecified atom stereocenters. The summed E-state index contributed by atoms with van der Waals surface area (Å²) in [6.07, 6.45) is 12.5. The summed E-state index contributed by atoms with van der Waals surface area (Å²) in [7, 11) is 0. The minimum Gasteiger partial charge on any atom is -0.368 e. The lowest BCUT2D eigenvalue weighted by Gasteiger charge is -2.36. The van der Waals surface area contributed by atoms with Crippen molar-refractivity contribution < 1.29 is 0 Å². The van der Waals surface area contributed by atoms with Gasteiger partial charge >= 0.3 is 0 Å². The van der Waals surface area contributed by atoms with E-state index in [0.29, 0.717) is 10.0 Å². The molecule has 0 N–H and O–H groups in total. The molecule has 0 atom stereocenters. The first kappa shape index (κ1) is 21.3. The van der Waals surface area contributed by atoms with Crippen LogP contribution in [-0.4, -0.2) is 60.7 Å². The molecular formula is C22H27BrCl2N4. The van der Waals surface area contributed by atoms with Crippen molar-refractivity contribution in [3.05, 3.63) is 62.9 Å². The van der Waals surface area contributed by atoms with Crippen molar-refractivity contribution in [2.24, 2.45) is 0 Å². The molecule has 0 bridgehead atoms. The zero-order valence-corrected chi connectivity index (χ0v) is 19.6. The van der Waals surface area contributed by atoms with Crippen molar-refractivity contribution in [3.8, 4) is 0 Å². The fourth-order valence-corrected chi connectivity index (χ4v) is 4.86. The molecule has 1 aromatic carbocycles. The summed E-state index contributed by atoms with van der Waals surface area (Å²) in [5.74, 6) is 0. The Morgan fingerprint density at radius 1 is 0.931 bits per heavy atom. The van der Waals surface area contributed by atoms with Crippen LogP contribution < -0.4 is 4.90 Å². The predicted molar refractivity (Wildman–Crippen MR) is 127 cm³/mol. The molecule has 4 rings (SSSR count). The van der Waals surface area contributed by atoms with E-state index in [0.717, 1.165) is 49.4 Å². The largest absolute Gasteiger partial charge is 0.368 e. The quantitative estimate of drug-likeness (QED) is 0.460. The second-order valence-corrected chi connectivity index (χ2v) is 9.40. The van der Waals surface area contributed by atoms with Crippen LogP contribution in [0.4, 0.5) is 5.69 Å². The van der Waals surface area contributed by atoms with Gasteiger partial charge < -0.3 is 4.90 Å². The van der Waals surface area contributed by atoms with Crippen LogP contribution in [-0.2, 0) is 0 Å². The zero-order valence-electron chi connectivity index (χ0n) is 16.5. The molecule has 1 saturated heterocycles. The Morgan fingerprint density at radius 3 is 2.55 bits per heavy atom. The number of anilines is 1. The number of hydrogen-bond donors (Lipinski definition) is 0. The maximum atomic E-state index is 6.38. The summed E-state index contributed by atoms with van der Waals surface area (Å²) >= 11 is 16.1. The van der Waals surface area contributed by atoms with E-state index in [9.17, 15) is 0 Å². The summed E-state index contributed by atoms with van der Waals surface area (Å²) < 4.78 is 1.12. The van der Waals surface area contributed by atoms with Crippen molar-refractivity contribution in [1.82, 2.24) is 14.9 Å². The Morgan fingerprint density at radius 2 is 1.72 bits per heavy atom. The van der Waals surface area contributed by atoms with Crippen LogP contribution in [0.1, 0.15) is 19.3 Å². The van der Waals surface area contributed by atoms with Gasteiger partial charge in [-0.2, -0.15) is 0 Å². The average Bonchev–Trinajstić information content (AvgIpc) is 3.12. The number of unbranched alkanes of at least 4 members (excludes halogenated alkanes) is 2. The van der Waals surface area contributed by atoms with Crippen molar-refractivity contribution in [1.29, 1.82) is 0 Å². The van der Waals surface area contributed by atoms with Crippen LogP contribution in [0.15, 0.2) is 52.8 Å². The first-order valence-corrected chi connectivity index (χ1v) is 11.9. The van der Waals surface area contributed by atoms with Gasteiger partial charge in [0.2, 0.25) is 0 Å². The van der Waals surface area contributed by atoms with E-state index in [-0.39, 0.29) is 0 Å². The van der Waals surface area contributed by atoms with Crippen molar-refractivity contribution in [2.45, 2.75) is 19.3 Å². The van der Waals surface area contributed by atoms with Crippen molar-refractivity contribution >= 4 is 44.8 Å². The molecular weight excluding hydrogens is 471 g/mol. The summed E-state index contributed by atoms with van der Waals surface area (Å²) in [6.45, 7) is 7.47. The molecule has 29 heavy (non-hydrogen) atoms. The van der Waals surface area contributed by atoms with Gasteiger partial charge in [0.25, 0.3) is 0 Å². The highest BCUT2D eigenvalue weighted by atomic mass is 79.9. The summed E-state index contributed by atoms with van der Waals surface area (Å²) in [5, 5.41) is 5.99. The smallest absolute Gasteiger partial charge is 0.0825 e. The molecule has 1 fully saturated rings. The summed E-state index contributed by atoms with van der Waals surface area (Å²) in [4.78, 5) is 4.92. The Bertz CT molecular complexity index is 815. The molecule has 0 amide bonds. The summed E-state index contributed by atoms with van der Waals surface area (Å²) in [6, 6.07) is 5.89. The lowest BCUT2D eigenvalue weighted by molar-refractivity contribution is 0.0905. The number of hydrazine groups is 1. The number of fused-ring (bicyclic) bond motifs is 1. The fraction of sp³-hybridized carbons (Fsp3) is 0.455. The summed E-state index contributed by atoms with van der Waals surface area (Å²) in [5.41, 5.74) is 2.34. The van der Waals surface area contributed by atoms with Gasteiger partial charge in [-0.05, 0) is 65.7 Å². The molecule has 0 saturated carbocycles. The van der Waals surface area contributed by atoms with Crippen LogP contribution in [0.25, 0.3) is 0 Å². The molecule has 156 valence electrons. The predicted octanol–water partition coefficient (Wildman–Crippen LogP) is 5.51. The number of rotatable bonds is 7. The Labute approximate surface area is 192 Å². The van der Waals surface area contributed by atoms with E-state index >= 15 is 0 Å². The van der Waals surface area contributed by atoms with Crippen molar-refractivity contribution in [2.75, 3.05) is 50.7 Å². The molecule has 0 radical (unpaired) electrons. The molecule has 3 aliphatic heterocycles. The number of allylic oxidation sites excluding steroid dienone is 3. The number of piperazine rings is 1. The SMILES string of the molecule is Clc1cccc(N2CCN(CCCCCN3CC=C4C=CC(Br)=CN43)CC2)c1Cl. The molecule has 0 spiro atoms. The number of nitrogens with zero attached hydrogens (tertiary/aromatic N) is 4. The first-order chi connectivity index (χ1) is 14.1. The minimum atomic E-state index is 0.635. The van der Waals surface area contributed by atoms with E-state index in [1.807, 2.05) is 12.1 Å². The lowest BCUT2D eigenvalue weighted by atomic mass is 10.2. The van der Waals surface area contributed by atoms with Crippen LogP contribution in [0.2, 0.25) is 10.0 Å². The Hall–Kier alpha value is -0.980. The normalized spacial score (nSPS) is 20.1. The third-order valence-electron chi connectivity index (χ3n) is 5.77. The third-order valence-corrected chi connectivity index (χ3v) is 7.05. The highest BCUT2D eigenvalue weighted by Gasteiger charge is 2.22. The van der Waals surface area contributed by atoms with E-state index in [1.54, 1.807) is 0 Å². The van der Waals surface area contributed by atoms with Gasteiger partial charge in [-0.1, -0.05) is 35.7 Å². The number of hydrogen-bond acceptors (Lipinski definition) is 4. The van der Waals surface area contributed by atoms with Gasteiger partial charge in [-0.25, -0.2) is 5.01 Å². The Balaban J connectivity index is 1.13. The van der Waals surface area contributed by atoms with Crippen LogP contribution in [0.5, 0.6) is 0 Å². The van der Waals surface area contributed by atoms with Crippen LogP contribution >= 0.6 is 39.1 Å². The van der Waals surface area contributed by atoms with Gasteiger partial charge in [-0.3, -0.25) is 9.91 Å². The van der Waals surface area contributed by atoms with E-state index in [1.165, 1.54) is 31.5 Å². The molecule has 0 aromatic heterocycles. The van der Waals surface area contributed by atoms with Crippen molar-refractivity contribution in [3.63, 3.8) is 0 Å². The molecule has 1 aromatic rings. The van der Waals surface area contributed by atoms with E-state index < -0.39 is 0 Å². The second kappa shape index (κ2) is 9.88. The highest BCUT2D eigenvalue weighted by molar-refractivity contribution is 9.11. The maximum Gasteiger partial charge on any atom is 0.0825 e. The van der Waals surface area contributed by atoms with Gasteiger partial charge in [0.05, 0.1) is 21.4 Å². The average molecular weight is 498 g/mol. The van der Waals surface area contributed by atoms with E-state index in [2.05, 4.69) is 66.2 Å². The highest BCUT2D eigenvalue weighted by Crippen LogP contribution is 2.33. The lowest BCUT2D eigenvalue weighted by Crippen LogP contribution is -2.46. The topological polar surface area (TPSA) is 13.0 Å². The monoisotopic (exact) mass is 496 g/mol. The molecule has 7 heteroatoms. The van der Waals surface area contributed by atoms with E-state index in [4.69, 9.17) is 23.2 Å². The number of halogens is 3. The third kappa shape index (κ3) is 5.20. The Kier molecular flexibility index (Phi) is 7.25. The first-order valence-electron chi connectivity index (χ1n) is 10.3. The van der Waals surface area contributed by atoms with Crippen LogP contribution in [0.3, 0.4) is 0 Å². The maximum absolute atomic E-state index is 6.38. The van der Waals surface area contributed by atoms with Gasteiger partial charge in [0.15, 0.2) is 0 Å². The minimum absolute atomic E-state index is 0.635. The fourth-order valence-electron chi connectivity index (χ4n) is 4.12. The number of benzene rings is 1. The molecule has 4 nitrogen and oxygen atoms in total. The second-order valence-electron chi connectivity index (χ2n) is 7.70. The van der Waals surface area contributed by atoms with Gasteiger partial charge in [0.1, 0.15) is 0 Å². The van der Waals surface area contributed by atoms with Gasteiger partial charge in [0, 0.05) is 50.0 Å². The standard InChI is InChI=1S/C22H27BrCl2N4/c23-18-7-8-19-9-12-28(29(19)17-18)11-3-1-2-10-26-13-15-27(16-14-26)21-6-4-5-20(24)22(21)25/h4-9,17H,1-3,10-16H2. The van der Waals surface area contributed by atoms with Gasteiger partial charge in [-0.15, -0.1) is 0 Å². The molecule has 3 aliphatic rings. The molecule has 0 aliphatic carbocycles.